The van der Waals surface area contributed by atoms with Gasteiger partial charge >= 0.3 is 0 Å². The average molecular weight is 306 g/mol. The number of unbranched alkanes of at least 4 members (excludes halogenated alkanes) is 3. The lowest BCUT2D eigenvalue weighted by atomic mass is 9.85. The Kier molecular flexibility index (Phi) is 8.93. The molecule has 0 radical (unpaired) electrons. The zero-order valence-electron chi connectivity index (χ0n) is 11.8. The van der Waals surface area contributed by atoms with Crippen molar-refractivity contribution in [3.63, 3.8) is 0 Å². The van der Waals surface area contributed by atoms with Crippen molar-refractivity contribution in [2.45, 2.75) is 72.3 Å². The highest BCUT2D eigenvalue weighted by Crippen LogP contribution is 2.22. The van der Waals surface area contributed by atoms with E-state index < -0.39 is 0 Å². The van der Waals surface area contributed by atoms with E-state index in [0.717, 1.165) is 18.2 Å². The van der Waals surface area contributed by atoms with E-state index in [1.807, 2.05) is 0 Å². The molecule has 0 bridgehead atoms. The van der Waals surface area contributed by atoms with Gasteiger partial charge in [0.05, 0.1) is 0 Å². The number of nitrogens with one attached hydrogen (secondary N) is 1. The van der Waals surface area contributed by atoms with Gasteiger partial charge in [0.25, 0.3) is 0 Å². The highest BCUT2D eigenvalue weighted by Gasteiger charge is 2.25. The van der Waals surface area contributed by atoms with Gasteiger partial charge in [-0.1, -0.05) is 62.9 Å². The third-order valence-corrected chi connectivity index (χ3v) is 3.49. The molecule has 3 heteroatoms. The first-order valence-electron chi connectivity index (χ1n) is 6.77. The Bertz CT molecular complexity index is 211. The minimum Gasteiger partial charge on any atom is -0.353 e. The second kappa shape index (κ2) is 8.96. The molecule has 0 saturated heterocycles. The van der Waals surface area contributed by atoms with Crippen LogP contribution in [0.2, 0.25) is 0 Å². The molecule has 0 aromatic heterocycles. The Labute approximate surface area is 115 Å². The molecule has 0 fully saturated rings. The number of carbonyl (C=O) groups excluding carboxylic acids is 1. The van der Waals surface area contributed by atoms with Gasteiger partial charge in [0.1, 0.15) is 0 Å². The van der Waals surface area contributed by atoms with Gasteiger partial charge in [-0.25, -0.2) is 0 Å². The van der Waals surface area contributed by atoms with E-state index in [4.69, 9.17) is 0 Å². The molecule has 0 aliphatic carbocycles. The summed E-state index contributed by atoms with van der Waals surface area (Å²) in [4.78, 5) is 11.8. The maximum atomic E-state index is 11.8. The van der Waals surface area contributed by atoms with E-state index in [2.05, 4.69) is 48.9 Å². The summed E-state index contributed by atoms with van der Waals surface area (Å²) in [5.74, 6) is 0.210. The van der Waals surface area contributed by atoms with Crippen LogP contribution in [0.4, 0.5) is 0 Å². The molecule has 0 aliphatic rings. The fraction of sp³-hybridized carbons (Fsp3) is 0.929. The van der Waals surface area contributed by atoms with Crippen LogP contribution in [-0.2, 0) is 4.79 Å². The number of rotatable bonds is 8. The number of amides is 1. The quantitative estimate of drug-likeness (QED) is 0.526. The second-order valence-electron chi connectivity index (χ2n) is 5.77. The van der Waals surface area contributed by atoms with Crippen molar-refractivity contribution < 1.29 is 4.79 Å². The van der Waals surface area contributed by atoms with Crippen LogP contribution in [0.3, 0.4) is 0 Å². The summed E-state index contributed by atoms with van der Waals surface area (Å²) < 4.78 is 0. The highest BCUT2D eigenvalue weighted by molar-refractivity contribution is 9.09. The zero-order valence-corrected chi connectivity index (χ0v) is 13.4. The van der Waals surface area contributed by atoms with Crippen molar-refractivity contribution >= 4 is 21.8 Å². The minimum absolute atomic E-state index is 0.132. The minimum atomic E-state index is 0.132. The van der Waals surface area contributed by atoms with Crippen molar-refractivity contribution in [3.8, 4) is 0 Å². The van der Waals surface area contributed by atoms with Crippen LogP contribution >= 0.6 is 15.9 Å². The zero-order chi connectivity index (χ0) is 13.3. The van der Waals surface area contributed by atoms with E-state index >= 15 is 0 Å². The molecule has 0 aromatic carbocycles. The first kappa shape index (κ1) is 16.9. The van der Waals surface area contributed by atoms with Crippen molar-refractivity contribution in [2.75, 3.05) is 5.33 Å². The lowest BCUT2D eigenvalue weighted by Crippen LogP contribution is -2.43. The molecular formula is C14H28BrNO. The summed E-state index contributed by atoms with van der Waals surface area (Å²) in [5.41, 5.74) is 0.132. The predicted octanol–water partition coefficient (Wildman–Crippen LogP) is 4.27. The Hall–Kier alpha value is -0.0500. The molecule has 102 valence electrons. The van der Waals surface area contributed by atoms with Crippen molar-refractivity contribution in [3.05, 3.63) is 0 Å². The summed E-state index contributed by atoms with van der Waals surface area (Å²) in [7, 11) is 0. The summed E-state index contributed by atoms with van der Waals surface area (Å²) in [5, 5.41) is 4.10. The van der Waals surface area contributed by atoms with Crippen molar-refractivity contribution in [2.24, 2.45) is 5.41 Å². The third kappa shape index (κ3) is 8.64. The van der Waals surface area contributed by atoms with E-state index in [1.54, 1.807) is 0 Å². The molecule has 0 aromatic rings. The third-order valence-electron chi connectivity index (χ3n) is 3.04. The lowest BCUT2D eigenvalue weighted by molar-refractivity contribution is -0.122. The fourth-order valence-corrected chi connectivity index (χ4v) is 2.27. The average Bonchev–Trinajstić information content (AvgIpc) is 2.22. The van der Waals surface area contributed by atoms with Gasteiger partial charge in [-0.15, -0.1) is 0 Å². The molecule has 1 atom stereocenters. The SMILES string of the molecule is CCCCCCC(=O)NC(CCBr)C(C)(C)C. The van der Waals surface area contributed by atoms with Crippen LogP contribution in [0.25, 0.3) is 0 Å². The number of hydrogen-bond acceptors (Lipinski definition) is 1. The number of hydrogen-bond donors (Lipinski definition) is 1. The largest absolute Gasteiger partial charge is 0.353 e. The molecule has 1 N–H and O–H groups in total. The first-order valence-corrected chi connectivity index (χ1v) is 7.89. The normalized spacial score (nSPS) is 13.5. The molecule has 0 aliphatic heterocycles. The molecule has 0 spiro atoms. The molecule has 17 heavy (non-hydrogen) atoms. The van der Waals surface area contributed by atoms with Gasteiger partial charge in [-0.2, -0.15) is 0 Å². The summed E-state index contributed by atoms with van der Waals surface area (Å²) in [6.45, 7) is 8.72. The van der Waals surface area contributed by atoms with Gasteiger partial charge in [-0.05, 0) is 18.3 Å². The summed E-state index contributed by atoms with van der Waals surface area (Å²) >= 11 is 3.45. The Balaban J connectivity index is 3.96. The Morgan fingerprint density at radius 3 is 2.35 bits per heavy atom. The van der Waals surface area contributed by atoms with Gasteiger partial charge < -0.3 is 5.32 Å². The maximum absolute atomic E-state index is 11.8. The van der Waals surface area contributed by atoms with Crippen LogP contribution in [0.5, 0.6) is 0 Å². The van der Waals surface area contributed by atoms with Crippen molar-refractivity contribution in [1.82, 2.24) is 5.32 Å². The number of carbonyl (C=O) groups is 1. The number of halogens is 1. The monoisotopic (exact) mass is 305 g/mol. The van der Waals surface area contributed by atoms with Crippen molar-refractivity contribution in [1.29, 1.82) is 0 Å². The van der Waals surface area contributed by atoms with Gasteiger partial charge in [0.2, 0.25) is 5.91 Å². The van der Waals surface area contributed by atoms with E-state index in [1.165, 1.54) is 19.3 Å². The van der Waals surface area contributed by atoms with E-state index in [0.29, 0.717) is 6.42 Å². The van der Waals surface area contributed by atoms with Crippen LogP contribution < -0.4 is 5.32 Å². The van der Waals surface area contributed by atoms with Crippen LogP contribution in [0.1, 0.15) is 66.2 Å². The lowest BCUT2D eigenvalue weighted by Gasteiger charge is -2.31. The van der Waals surface area contributed by atoms with E-state index in [9.17, 15) is 4.79 Å². The molecule has 2 nitrogen and oxygen atoms in total. The molecular weight excluding hydrogens is 278 g/mol. The van der Waals surface area contributed by atoms with Crippen LogP contribution in [-0.4, -0.2) is 17.3 Å². The molecule has 0 rings (SSSR count). The topological polar surface area (TPSA) is 29.1 Å². The fourth-order valence-electron chi connectivity index (χ4n) is 1.81. The summed E-state index contributed by atoms with van der Waals surface area (Å²) in [6, 6.07) is 0.264. The number of alkyl halides is 1. The Morgan fingerprint density at radius 1 is 1.24 bits per heavy atom. The summed E-state index contributed by atoms with van der Waals surface area (Å²) in [6.07, 6.45) is 6.31. The predicted molar refractivity (Wildman–Crippen MR) is 78.6 cm³/mol. The van der Waals surface area contributed by atoms with Gasteiger partial charge in [-0.3, -0.25) is 4.79 Å². The van der Waals surface area contributed by atoms with Crippen LogP contribution in [0.15, 0.2) is 0 Å². The Morgan fingerprint density at radius 2 is 1.88 bits per heavy atom. The standard InChI is InChI=1S/C14H28BrNO/c1-5-6-7-8-9-13(17)16-12(10-11-15)14(2,3)4/h12H,5-11H2,1-4H3,(H,16,17). The molecule has 0 saturated carbocycles. The van der Waals surface area contributed by atoms with Gasteiger partial charge in [0, 0.05) is 17.8 Å². The molecule has 1 amide bonds. The van der Waals surface area contributed by atoms with Crippen LogP contribution in [0, 0.1) is 5.41 Å². The second-order valence-corrected chi connectivity index (χ2v) is 6.57. The van der Waals surface area contributed by atoms with Gasteiger partial charge in [0.15, 0.2) is 0 Å². The van der Waals surface area contributed by atoms with E-state index in [-0.39, 0.29) is 17.4 Å². The maximum Gasteiger partial charge on any atom is 0.220 e. The first-order chi connectivity index (χ1) is 7.91. The molecule has 0 heterocycles. The smallest absolute Gasteiger partial charge is 0.220 e. The highest BCUT2D eigenvalue weighted by atomic mass is 79.9. The molecule has 1 unspecified atom stereocenters.